The second kappa shape index (κ2) is 14.5. The van der Waals surface area contributed by atoms with Crippen molar-refractivity contribution in [2.75, 3.05) is 5.73 Å². The zero-order chi connectivity index (χ0) is 40.2. The van der Waals surface area contributed by atoms with Gasteiger partial charge >= 0.3 is 0 Å². The van der Waals surface area contributed by atoms with Crippen molar-refractivity contribution in [1.29, 1.82) is 0 Å². The van der Waals surface area contributed by atoms with E-state index in [1.54, 1.807) is 0 Å². The second-order valence-electron chi connectivity index (χ2n) is 15.7. The minimum Gasteiger partial charge on any atom is -0.398 e. The molecule has 1 aliphatic rings. The predicted molar refractivity (Wildman–Crippen MR) is 257 cm³/mol. The second-order valence-corrected chi connectivity index (χ2v) is 16.7. The molecule has 0 fully saturated rings. The minimum atomic E-state index is -0.506. The summed E-state index contributed by atoms with van der Waals surface area (Å²) in [6.45, 7) is 2.14. The number of nitrogen functional groups attached to an aromatic ring is 1. The maximum atomic E-state index is 7.27. The van der Waals surface area contributed by atoms with Crippen LogP contribution in [0.2, 0.25) is 0 Å². The number of thiophene rings is 1. The van der Waals surface area contributed by atoms with E-state index in [2.05, 4.69) is 225 Å². The highest BCUT2D eigenvalue weighted by Gasteiger charge is 2.46. The molecule has 1 nitrogen and oxygen atoms in total. The van der Waals surface area contributed by atoms with Gasteiger partial charge in [-0.2, -0.15) is 0 Å². The van der Waals surface area contributed by atoms with Gasteiger partial charge in [-0.25, -0.2) is 0 Å². The normalized spacial score (nSPS) is 13.1. The van der Waals surface area contributed by atoms with Crippen LogP contribution < -0.4 is 5.73 Å². The molecule has 0 bridgehead atoms. The Morgan fingerprint density at radius 3 is 1.72 bits per heavy atom. The van der Waals surface area contributed by atoms with Crippen LogP contribution in [0.5, 0.6) is 0 Å². The Balaban J connectivity index is 0.994. The van der Waals surface area contributed by atoms with Gasteiger partial charge in [0, 0.05) is 31.4 Å². The van der Waals surface area contributed by atoms with Gasteiger partial charge in [0.15, 0.2) is 0 Å². The van der Waals surface area contributed by atoms with Crippen LogP contribution in [0.1, 0.15) is 40.3 Å². The van der Waals surface area contributed by atoms with Crippen LogP contribution in [-0.2, 0) is 5.41 Å². The lowest BCUT2D eigenvalue weighted by Crippen LogP contribution is -2.28. The van der Waals surface area contributed by atoms with Gasteiger partial charge in [0.1, 0.15) is 0 Å². The molecule has 2 N–H and O–H groups in total. The summed E-state index contributed by atoms with van der Waals surface area (Å²) in [6, 6.07) is 77.3. The van der Waals surface area contributed by atoms with E-state index in [1.165, 1.54) is 81.4 Å². The first-order chi connectivity index (χ1) is 29.6. The molecule has 0 aliphatic heterocycles. The van der Waals surface area contributed by atoms with E-state index in [0.717, 1.165) is 27.9 Å². The summed E-state index contributed by atoms with van der Waals surface area (Å²) < 4.78 is 2.66. The van der Waals surface area contributed by atoms with Gasteiger partial charge < -0.3 is 5.73 Å². The first-order valence-electron chi connectivity index (χ1n) is 20.7. The van der Waals surface area contributed by atoms with Crippen LogP contribution in [0.3, 0.4) is 0 Å². The van der Waals surface area contributed by atoms with Crippen molar-refractivity contribution in [3.8, 4) is 44.5 Å². The van der Waals surface area contributed by atoms with E-state index in [0.29, 0.717) is 0 Å². The van der Waals surface area contributed by atoms with Crippen molar-refractivity contribution in [3.63, 3.8) is 0 Å². The lowest BCUT2D eigenvalue weighted by molar-refractivity contribution is 0.769. The number of hydrogen-bond acceptors (Lipinski definition) is 2. The Kier molecular flexibility index (Phi) is 8.69. The number of benzene rings is 9. The van der Waals surface area contributed by atoms with E-state index in [1.807, 2.05) is 11.3 Å². The summed E-state index contributed by atoms with van der Waals surface area (Å²) in [6.07, 6.45) is 2.24. The van der Waals surface area contributed by atoms with Gasteiger partial charge in [0.05, 0.1) is 5.41 Å². The standard InChI is InChI=1S/C58H41NS/c1-2-42(38-31-33-39(34-32-38)43-26-16-27-52-51-25-12-15-30-56(51)60-57(43)52)44-19-6-7-20-45(44)46-21-8-9-22-47(46)50-36-35-41(37-55(50)59)58(40-17-4-3-5-18-40)53-28-13-10-23-48(53)49-24-11-14-29-54(49)58/h2-37H,59H2,1H3/b42-2-. The van der Waals surface area contributed by atoms with Crippen LogP contribution in [0.4, 0.5) is 5.69 Å². The third kappa shape index (κ3) is 5.52. The molecule has 9 aromatic carbocycles. The molecule has 284 valence electrons. The number of fused-ring (bicyclic) bond motifs is 6. The summed E-state index contributed by atoms with van der Waals surface area (Å²) in [5, 5.41) is 2.64. The molecule has 1 aromatic heterocycles. The topological polar surface area (TPSA) is 26.0 Å². The maximum Gasteiger partial charge on any atom is 0.0714 e. The van der Waals surface area contributed by atoms with Crippen molar-refractivity contribution in [3.05, 3.63) is 252 Å². The molecule has 0 atom stereocenters. The zero-order valence-electron chi connectivity index (χ0n) is 33.3. The van der Waals surface area contributed by atoms with E-state index in [-0.39, 0.29) is 0 Å². The van der Waals surface area contributed by atoms with Gasteiger partial charge in [-0.15, -0.1) is 11.3 Å². The number of allylic oxidation sites excluding steroid dienone is 1. The van der Waals surface area contributed by atoms with Crippen molar-refractivity contribution in [1.82, 2.24) is 0 Å². The number of rotatable bonds is 7. The first-order valence-corrected chi connectivity index (χ1v) is 21.5. The molecule has 10 aromatic rings. The molecule has 0 radical (unpaired) electrons. The minimum absolute atomic E-state index is 0.506. The molecule has 0 saturated heterocycles. The van der Waals surface area contributed by atoms with Crippen LogP contribution >= 0.6 is 11.3 Å². The number of anilines is 1. The van der Waals surface area contributed by atoms with Gasteiger partial charge in [-0.05, 0) is 97.0 Å². The smallest absolute Gasteiger partial charge is 0.0714 e. The lowest BCUT2D eigenvalue weighted by atomic mass is 9.67. The molecule has 1 heterocycles. The van der Waals surface area contributed by atoms with Crippen LogP contribution in [0.25, 0.3) is 70.3 Å². The van der Waals surface area contributed by atoms with Crippen LogP contribution in [0.15, 0.2) is 218 Å². The Morgan fingerprint density at radius 1 is 0.450 bits per heavy atom. The quantitative estimate of drug-likeness (QED) is 0.160. The molecular formula is C58H41NS. The SMILES string of the molecule is C/C=C(/c1ccc(-c2cccc3c2sc2ccccc23)cc1)c1ccccc1-c1ccccc1-c1ccc(C2(c3ccccc3)c3ccccc3-c3ccccc32)cc1N. The average molecular weight is 784 g/mol. The largest absolute Gasteiger partial charge is 0.398 e. The zero-order valence-corrected chi connectivity index (χ0v) is 34.1. The molecule has 1 aliphatic carbocycles. The highest BCUT2D eigenvalue weighted by molar-refractivity contribution is 7.26. The molecule has 11 rings (SSSR count). The fourth-order valence-corrected chi connectivity index (χ4v) is 11.2. The number of nitrogens with two attached hydrogens (primary N) is 1. The molecule has 0 saturated carbocycles. The lowest BCUT2D eigenvalue weighted by Gasteiger charge is -2.34. The monoisotopic (exact) mass is 783 g/mol. The first kappa shape index (κ1) is 35.9. The Labute approximate surface area is 355 Å². The van der Waals surface area contributed by atoms with Gasteiger partial charge in [-0.1, -0.05) is 206 Å². The molecule has 0 spiro atoms. The molecule has 0 amide bonds. The highest BCUT2D eigenvalue weighted by atomic mass is 32.1. The molecule has 2 heteroatoms. The highest BCUT2D eigenvalue weighted by Crippen LogP contribution is 2.56. The maximum absolute atomic E-state index is 7.27. The van der Waals surface area contributed by atoms with Gasteiger partial charge in [0.2, 0.25) is 0 Å². The van der Waals surface area contributed by atoms with Gasteiger partial charge in [-0.3, -0.25) is 0 Å². The molecule has 60 heavy (non-hydrogen) atoms. The van der Waals surface area contributed by atoms with Crippen LogP contribution in [-0.4, -0.2) is 0 Å². The van der Waals surface area contributed by atoms with Crippen molar-refractivity contribution in [2.24, 2.45) is 0 Å². The average Bonchev–Trinajstić information content (AvgIpc) is 3.84. The summed E-state index contributed by atoms with van der Waals surface area (Å²) in [5.41, 5.74) is 25.5. The summed E-state index contributed by atoms with van der Waals surface area (Å²) in [4.78, 5) is 0. The van der Waals surface area contributed by atoms with E-state index in [9.17, 15) is 0 Å². The fourth-order valence-electron chi connectivity index (χ4n) is 9.94. The van der Waals surface area contributed by atoms with Crippen molar-refractivity contribution in [2.45, 2.75) is 12.3 Å². The third-order valence-corrected chi connectivity index (χ3v) is 13.8. The Bertz CT molecular complexity index is 3230. The van der Waals surface area contributed by atoms with E-state index >= 15 is 0 Å². The summed E-state index contributed by atoms with van der Waals surface area (Å²) >= 11 is 1.88. The molecular weight excluding hydrogens is 743 g/mol. The third-order valence-electron chi connectivity index (χ3n) is 12.6. The summed E-state index contributed by atoms with van der Waals surface area (Å²) in [7, 11) is 0. The number of hydrogen-bond donors (Lipinski definition) is 1. The molecule has 0 unspecified atom stereocenters. The van der Waals surface area contributed by atoms with E-state index in [4.69, 9.17) is 5.73 Å². The Morgan fingerprint density at radius 2 is 1.02 bits per heavy atom. The van der Waals surface area contributed by atoms with Crippen molar-refractivity contribution >= 4 is 42.8 Å². The fraction of sp³-hybridized carbons (Fsp3) is 0.0345. The van der Waals surface area contributed by atoms with E-state index < -0.39 is 5.41 Å². The van der Waals surface area contributed by atoms with Crippen molar-refractivity contribution < 1.29 is 0 Å². The summed E-state index contributed by atoms with van der Waals surface area (Å²) in [5.74, 6) is 0. The van der Waals surface area contributed by atoms with Crippen LogP contribution in [0, 0.1) is 0 Å². The predicted octanol–water partition coefficient (Wildman–Crippen LogP) is 15.5. The van der Waals surface area contributed by atoms with Gasteiger partial charge in [0.25, 0.3) is 0 Å². The Hall–Kier alpha value is -7.26.